The van der Waals surface area contributed by atoms with Crippen LogP contribution < -0.4 is 0 Å². The highest BCUT2D eigenvalue weighted by molar-refractivity contribution is 5.79. The summed E-state index contributed by atoms with van der Waals surface area (Å²) in [5.41, 5.74) is 2.02. The number of hydrogen-bond donors (Lipinski definition) is 0. The van der Waals surface area contributed by atoms with Crippen LogP contribution in [0.3, 0.4) is 0 Å². The maximum absolute atomic E-state index is 10.9. The van der Waals surface area contributed by atoms with E-state index in [1.165, 1.54) is 5.01 Å². The van der Waals surface area contributed by atoms with Gasteiger partial charge in [0.2, 0.25) is 6.41 Å². The van der Waals surface area contributed by atoms with Crippen LogP contribution in [-0.2, 0) is 11.3 Å². The molecule has 0 radical (unpaired) electrons. The summed E-state index contributed by atoms with van der Waals surface area (Å²) < 4.78 is 0. The van der Waals surface area contributed by atoms with Crippen LogP contribution in [0.25, 0.3) is 0 Å². The number of amides is 1. The van der Waals surface area contributed by atoms with Gasteiger partial charge in [-0.1, -0.05) is 60.7 Å². The summed E-state index contributed by atoms with van der Waals surface area (Å²) in [6.45, 7) is 0.480. The zero-order valence-electron chi connectivity index (χ0n) is 9.94. The van der Waals surface area contributed by atoms with Crippen molar-refractivity contribution in [2.75, 3.05) is 0 Å². The molecule has 0 saturated carbocycles. The fourth-order valence-corrected chi connectivity index (χ4v) is 1.56. The van der Waals surface area contributed by atoms with Gasteiger partial charge < -0.3 is 0 Å². The first-order valence-corrected chi connectivity index (χ1v) is 5.73. The fourth-order valence-electron chi connectivity index (χ4n) is 1.56. The van der Waals surface area contributed by atoms with Crippen molar-refractivity contribution >= 4 is 12.6 Å². The first-order valence-electron chi connectivity index (χ1n) is 5.73. The van der Waals surface area contributed by atoms with Gasteiger partial charge in [0.15, 0.2) is 0 Å². The van der Waals surface area contributed by atoms with Crippen molar-refractivity contribution in [2.24, 2.45) is 5.10 Å². The minimum Gasteiger partial charge on any atom is -0.277 e. The van der Waals surface area contributed by atoms with E-state index in [0.717, 1.165) is 17.5 Å². The van der Waals surface area contributed by atoms with E-state index in [4.69, 9.17) is 0 Å². The van der Waals surface area contributed by atoms with Crippen molar-refractivity contribution in [2.45, 2.75) is 6.54 Å². The Morgan fingerprint density at radius 2 is 1.56 bits per heavy atom. The molecule has 0 saturated heterocycles. The predicted octanol–water partition coefficient (Wildman–Crippen LogP) is 2.68. The van der Waals surface area contributed by atoms with Crippen LogP contribution in [0.1, 0.15) is 11.1 Å². The Kier molecular flexibility index (Phi) is 4.25. The van der Waals surface area contributed by atoms with E-state index in [9.17, 15) is 4.79 Å². The van der Waals surface area contributed by atoms with Crippen LogP contribution in [0.4, 0.5) is 0 Å². The van der Waals surface area contributed by atoms with E-state index >= 15 is 0 Å². The standard InChI is InChI=1S/C15H14N2O/c18-13-17(12-15-9-5-2-6-10-15)16-11-14-7-3-1-4-8-14/h1-11,13H,12H2. The summed E-state index contributed by atoms with van der Waals surface area (Å²) in [4.78, 5) is 10.9. The van der Waals surface area contributed by atoms with Crippen molar-refractivity contribution in [3.8, 4) is 0 Å². The molecule has 0 unspecified atom stereocenters. The van der Waals surface area contributed by atoms with Gasteiger partial charge in [-0.15, -0.1) is 0 Å². The number of nitrogens with zero attached hydrogens (tertiary/aromatic N) is 2. The quantitative estimate of drug-likeness (QED) is 0.448. The van der Waals surface area contributed by atoms with E-state index in [-0.39, 0.29) is 0 Å². The molecule has 90 valence electrons. The summed E-state index contributed by atoms with van der Waals surface area (Å²) in [6.07, 6.45) is 2.41. The molecule has 0 bridgehead atoms. The molecule has 0 aromatic heterocycles. The first-order chi connectivity index (χ1) is 8.88. The lowest BCUT2D eigenvalue weighted by Gasteiger charge is -2.10. The number of hydrazone groups is 1. The average molecular weight is 238 g/mol. The van der Waals surface area contributed by atoms with E-state index in [2.05, 4.69) is 5.10 Å². The van der Waals surface area contributed by atoms with Crippen LogP contribution in [-0.4, -0.2) is 17.6 Å². The Labute approximate surface area is 106 Å². The van der Waals surface area contributed by atoms with Crippen molar-refractivity contribution in [1.29, 1.82) is 0 Å². The van der Waals surface area contributed by atoms with Crippen LogP contribution in [0.5, 0.6) is 0 Å². The highest BCUT2D eigenvalue weighted by Gasteiger charge is 1.99. The number of carbonyl (C=O) groups excluding carboxylic acids is 1. The molecule has 0 aliphatic carbocycles. The van der Waals surface area contributed by atoms with Gasteiger partial charge in [0.1, 0.15) is 0 Å². The van der Waals surface area contributed by atoms with E-state index in [0.29, 0.717) is 6.54 Å². The third-order valence-electron chi connectivity index (χ3n) is 2.46. The predicted molar refractivity (Wildman–Crippen MR) is 72.1 cm³/mol. The minimum absolute atomic E-state index is 0.480. The van der Waals surface area contributed by atoms with Gasteiger partial charge in [-0.25, -0.2) is 5.01 Å². The van der Waals surface area contributed by atoms with Crippen LogP contribution >= 0.6 is 0 Å². The topological polar surface area (TPSA) is 32.7 Å². The lowest BCUT2D eigenvalue weighted by atomic mass is 10.2. The Hall–Kier alpha value is -2.42. The van der Waals surface area contributed by atoms with Gasteiger partial charge in [-0.3, -0.25) is 4.79 Å². The van der Waals surface area contributed by atoms with Crippen LogP contribution in [0.2, 0.25) is 0 Å². The van der Waals surface area contributed by atoms with Gasteiger partial charge in [-0.2, -0.15) is 5.10 Å². The molecule has 2 rings (SSSR count). The summed E-state index contributed by atoms with van der Waals surface area (Å²) >= 11 is 0. The van der Waals surface area contributed by atoms with E-state index < -0.39 is 0 Å². The summed E-state index contributed by atoms with van der Waals surface area (Å²) in [7, 11) is 0. The SMILES string of the molecule is O=CN(Cc1ccccc1)N=Cc1ccccc1. The largest absolute Gasteiger partial charge is 0.277 e. The summed E-state index contributed by atoms with van der Waals surface area (Å²) in [6, 6.07) is 19.5. The van der Waals surface area contributed by atoms with E-state index in [1.807, 2.05) is 60.7 Å². The molecular weight excluding hydrogens is 224 g/mol. The van der Waals surface area contributed by atoms with Crippen molar-refractivity contribution < 1.29 is 4.79 Å². The highest BCUT2D eigenvalue weighted by Crippen LogP contribution is 2.03. The minimum atomic E-state index is 0.480. The van der Waals surface area contributed by atoms with Gasteiger partial charge in [0.05, 0.1) is 12.8 Å². The highest BCUT2D eigenvalue weighted by atomic mass is 16.1. The molecule has 0 fully saturated rings. The Morgan fingerprint density at radius 3 is 2.17 bits per heavy atom. The number of rotatable bonds is 5. The molecule has 0 aliphatic heterocycles. The first kappa shape index (κ1) is 12.0. The van der Waals surface area contributed by atoms with Crippen LogP contribution in [0.15, 0.2) is 65.8 Å². The molecule has 0 heterocycles. The third kappa shape index (κ3) is 3.56. The molecule has 3 nitrogen and oxygen atoms in total. The van der Waals surface area contributed by atoms with Gasteiger partial charge in [-0.05, 0) is 11.1 Å². The normalized spacial score (nSPS) is 10.4. The average Bonchev–Trinajstić information content (AvgIpc) is 2.45. The Bertz CT molecular complexity index is 509. The lowest BCUT2D eigenvalue weighted by molar-refractivity contribution is -0.118. The fraction of sp³-hybridized carbons (Fsp3) is 0.0667. The zero-order valence-corrected chi connectivity index (χ0v) is 9.94. The second kappa shape index (κ2) is 6.35. The van der Waals surface area contributed by atoms with Gasteiger partial charge in [0, 0.05) is 0 Å². The summed E-state index contributed by atoms with van der Waals surface area (Å²) in [5.74, 6) is 0. The smallest absolute Gasteiger partial charge is 0.230 e. The lowest BCUT2D eigenvalue weighted by Crippen LogP contribution is -2.14. The molecular formula is C15H14N2O. The second-order valence-corrected chi connectivity index (χ2v) is 3.84. The van der Waals surface area contributed by atoms with Crippen molar-refractivity contribution in [1.82, 2.24) is 5.01 Å². The van der Waals surface area contributed by atoms with Crippen molar-refractivity contribution in [3.05, 3.63) is 71.8 Å². The Balaban J connectivity index is 2.02. The zero-order chi connectivity index (χ0) is 12.6. The molecule has 2 aromatic rings. The second-order valence-electron chi connectivity index (χ2n) is 3.84. The maximum atomic E-state index is 10.9. The number of benzene rings is 2. The van der Waals surface area contributed by atoms with Gasteiger partial charge in [0.25, 0.3) is 0 Å². The Morgan fingerprint density at radius 1 is 0.944 bits per heavy atom. The molecule has 0 aliphatic rings. The molecule has 0 atom stereocenters. The molecule has 2 aromatic carbocycles. The third-order valence-corrected chi connectivity index (χ3v) is 2.46. The van der Waals surface area contributed by atoms with Gasteiger partial charge >= 0.3 is 0 Å². The van der Waals surface area contributed by atoms with E-state index in [1.54, 1.807) is 6.21 Å². The number of carbonyl (C=O) groups is 1. The van der Waals surface area contributed by atoms with Crippen LogP contribution in [0, 0.1) is 0 Å². The molecule has 18 heavy (non-hydrogen) atoms. The molecule has 3 heteroatoms. The molecule has 0 N–H and O–H groups in total. The maximum Gasteiger partial charge on any atom is 0.230 e. The monoisotopic (exact) mass is 238 g/mol. The molecule has 0 spiro atoms. The molecule has 1 amide bonds. The number of hydrogen-bond acceptors (Lipinski definition) is 2. The van der Waals surface area contributed by atoms with Crippen molar-refractivity contribution in [3.63, 3.8) is 0 Å². The summed E-state index contributed by atoms with van der Waals surface area (Å²) in [5, 5.41) is 5.53.